The SMILES string of the molecule is CCOC(=O)c1[nH]c(CNC(=O)CN)c(-c2ccc(OC)c(OC)c2OC)c1Cl. The second-order valence-corrected chi connectivity index (χ2v) is 6.13. The molecule has 0 fully saturated rings. The Morgan fingerprint density at radius 2 is 1.83 bits per heavy atom. The Hall–Kier alpha value is -2.91. The fourth-order valence-electron chi connectivity index (χ4n) is 2.84. The largest absolute Gasteiger partial charge is 0.493 e. The smallest absolute Gasteiger partial charge is 0.356 e. The molecule has 0 bridgehead atoms. The zero-order chi connectivity index (χ0) is 21.6. The van der Waals surface area contributed by atoms with E-state index < -0.39 is 5.97 Å². The molecule has 0 saturated heterocycles. The van der Waals surface area contributed by atoms with Crippen molar-refractivity contribution >= 4 is 23.5 Å². The van der Waals surface area contributed by atoms with Crippen LogP contribution in [0.4, 0.5) is 0 Å². The Morgan fingerprint density at radius 3 is 2.38 bits per heavy atom. The Balaban J connectivity index is 2.69. The molecular weight excluding hydrogens is 402 g/mol. The molecule has 29 heavy (non-hydrogen) atoms. The highest BCUT2D eigenvalue weighted by Gasteiger charge is 2.27. The quantitative estimate of drug-likeness (QED) is 0.525. The monoisotopic (exact) mass is 425 g/mol. The van der Waals surface area contributed by atoms with E-state index >= 15 is 0 Å². The van der Waals surface area contributed by atoms with Crippen LogP contribution in [0, 0.1) is 0 Å². The average Bonchev–Trinajstić information content (AvgIpc) is 3.06. The zero-order valence-electron chi connectivity index (χ0n) is 16.7. The second kappa shape index (κ2) is 10.0. The zero-order valence-corrected chi connectivity index (χ0v) is 17.4. The molecule has 1 aromatic carbocycles. The first-order chi connectivity index (χ1) is 13.9. The van der Waals surface area contributed by atoms with Gasteiger partial charge in [-0.25, -0.2) is 4.79 Å². The molecule has 10 heteroatoms. The van der Waals surface area contributed by atoms with Gasteiger partial charge in [-0.05, 0) is 19.1 Å². The number of hydrogen-bond donors (Lipinski definition) is 3. The Kier molecular flexibility index (Phi) is 7.74. The number of methoxy groups -OCH3 is 3. The molecule has 0 aliphatic rings. The number of H-pyrrole nitrogens is 1. The highest BCUT2D eigenvalue weighted by molar-refractivity contribution is 6.36. The highest BCUT2D eigenvalue weighted by Crippen LogP contribution is 2.47. The lowest BCUT2D eigenvalue weighted by molar-refractivity contribution is -0.119. The number of aromatic nitrogens is 1. The minimum atomic E-state index is -0.616. The van der Waals surface area contributed by atoms with Gasteiger partial charge in [-0.2, -0.15) is 0 Å². The van der Waals surface area contributed by atoms with Crippen LogP contribution in [0.3, 0.4) is 0 Å². The van der Waals surface area contributed by atoms with Crippen molar-refractivity contribution in [2.24, 2.45) is 5.73 Å². The predicted molar refractivity (Wildman–Crippen MR) is 108 cm³/mol. The number of rotatable bonds is 9. The number of esters is 1. The van der Waals surface area contributed by atoms with Crippen molar-refractivity contribution < 1.29 is 28.5 Å². The average molecular weight is 426 g/mol. The second-order valence-electron chi connectivity index (χ2n) is 5.75. The summed E-state index contributed by atoms with van der Waals surface area (Å²) < 4.78 is 21.3. The first-order valence-corrected chi connectivity index (χ1v) is 9.14. The molecule has 1 amide bonds. The Morgan fingerprint density at radius 1 is 1.14 bits per heavy atom. The number of benzene rings is 1. The van der Waals surface area contributed by atoms with Crippen LogP contribution in [0.1, 0.15) is 23.1 Å². The van der Waals surface area contributed by atoms with Gasteiger partial charge in [0.25, 0.3) is 0 Å². The van der Waals surface area contributed by atoms with Crippen LogP contribution < -0.4 is 25.3 Å². The fraction of sp³-hybridized carbons (Fsp3) is 0.368. The van der Waals surface area contributed by atoms with Gasteiger partial charge in [0.15, 0.2) is 11.5 Å². The predicted octanol–water partition coefficient (Wildman–Crippen LogP) is 2.11. The van der Waals surface area contributed by atoms with Crippen molar-refractivity contribution in [1.29, 1.82) is 0 Å². The summed E-state index contributed by atoms with van der Waals surface area (Å²) in [6, 6.07) is 3.41. The number of amides is 1. The van der Waals surface area contributed by atoms with E-state index in [1.165, 1.54) is 21.3 Å². The number of carbonyl (C=O) groups is 2. The summed E-state index contributed by atoms with van der Waals surface area (Å²) in [6.45, 7) is 1.76. The summed E-state index contributed by atoms with van der Waals surface area (Å²) in [4.78, 5) is 26.9. The van der Waals surface area contributed by atoms with E-state index in [4.69, 9.17) is 36.3 Å². The van der Waals surface area contributed by atoms with Gasteiger partial charge in [-0.15, -0.1) is 0 Å². The summed E-state index contributed by atoms with van der Waals surface area (Å²) in [5.74, 6) is 0.200. The third-order valence-corrected chi connectivity index (χ3v) is 4.50. The number of halogens is 1. The summed E-state index contributed by atoms with van der Waals surface area (Å²) in [7, 11) is 4.46. The van der Waals surface area contributed by atoms with E-state index in [0.29, 0.717) is 34.1 Å². The van der Waals surface area contributed by atoms with Gasteiger partial charge in [-0.3, -0.25) is 4.79 Å². The van der Waals surface area contributed by atoms with Gasteiger partial charge in [0.2, 0.25) is 11.7 Å². The van der Waals surface area contributed by atoms with Crippen LogP contribution >= 0.6 is 11.6 Å². The lowest BCUT2D eigenvalue weighted by Crippen LogP contribution is -2.30. The van der Waals surface area contributed by atoms with Crippen LogP contribution in [0.5, 0.6) is 17.2 Å². The number of ether oxygens (including phenoxy) is 4. The van der Waals surface area contributed by atoms with Gasteiger partial charge in [0.05, 0.1) is 46.0 Å². The Bertz CT molecular complexity index is 897. The topological polar surface area (TPSA) is 125 Å². The minimum absolute atomic E-state index is 0.0575. The van der Waals surface area contributed by atoms with Crippen molar-refractivity contribution in [3.63, 3.8) is 0 Å². The molecular formula is C19H24ClN3O6. The summed E-state index contributed by atoms with van der Waals surface area (Å²) in [5, 5.41) is 2.79. The van der Waals surface area contributed by atoms with Crippen LogP contribution in [-0.4, -0.2) is 51.3 Å². The maximum absolute atomic E-state index is 12.3. The van der Waals surface area contributed by atoms with Crippen molar-refractivity contribution in [3.05, 3.63) is 28.5 Å². The third kappa shape index (κ3) is 4.57. The van der Waals surface area contributed by atoms with Crippen molar-refractivity contribution in [2.45, 2.75) is 13.5 Å². The lowest BCUT2D eigenvalue weighted by atomic mass is 10.0. The molecule has 0 unspecified atom stereocenters. The molecule has 158 valence electrons. The van der Waals surface area contributed by atoms with E-state index in [-0.39, 0.29) is 36.3 Å². The molecule has 2 aromatic rings. The fourth-order valence-corrected chi connectivity index (χ4v) is 3.18. The van der Waals surface area contributed by atoms with E-state index in [2.05, 4.69) is 10.3 Å². The Labute approximate surface area is 173 Å². The van der Waals surface area contributed by atoms with Gasteiger partial charge in [-0.1, -0.05) is 11.6 Å². The molecule has 9 nitrogen and oxygen atoms in total. The molecule has 2 rings (SSSR count). The molecule has 1 heterocycles. The summed E-state index contributed by atoms with van der Waals surface area (Å²) in [5.41, 5.74) is 6.90. The molecule has 4 N–H and O–H groups in total. The molecule has 0 spiro atoms. The molecule has 0 aliphatic heterocycles. The van der Waals surface area contributed by atoms with Gasteiger partial charge >= 0.3 is 5.97 Å². The molecule has 1 aromatic heterocycles. The maximum atomic E-state index is 12.3. The van der Waals surface area contributed by atoms with E-state index in [1.54, 1.807) is 19.1 Å². The third-order valence-electron chi connectivity index (χ3n) is 4.12. The van der Waals surface area contributed by atoms with Crippen LogP contribution in [0.25, 0.3) is 11.1 Å². The van der Waals surface area contributed by atoms with Crippen molar-refractivity contribution in [3.8, 4) is 28.4 Å². The van der Waals surface area contributed by atoms with Crippen LogP contribution in [0.15, 0.2) is 12.1 Å². The minimum Gasteiger partial charge on any atom is -0.493 e. The summed E-state index contributed by atoms with van der Waals surface area (Å²) in [6.07, 6.45) is 0. The molecule has 0 atom stereocenters. The molecule has 0 saturated carbocycles. The normalized spacial score (nSPS) is 10.4. The van der Waals surface area contributed by atoms with Gasteiger partial charge in [0, 0.05) is 16.8 Å². The first kappa shape index (κ1) is 22.4. The van der Waals surface area contributed by atoms with E-state index in [0.717, 1.165) is 0 Å². The number of aromatic amines is 1. The first-order valence-electron chi connectivity index (χ1n) is 8.76. The van der Waals surface area contributed by atoms with Crippen molar-refractivity contribution in [1.82, 2.24) is 10.3 Å². The summed E-state index contributed by atoms with van der Waals surface area (Å²) >= 11 is 6.54. The van der Waals surface area contributed by atoms with E-state index in [1.807, 2.05) is 0 Å². The van der Waals surface area contributed by atoms with Gasteiger partial charge < -0.3 is 35.0 Å². The van der Waals surface area contributed by atoms with Crippen LogP contribution in [-0.2, 0) is 16.1 Å². The number of carbonyl (C=O) groups excluding carboxylic acids is 2. The van der Waals surface area contributed by atoms with Crippen LogP contribution in [0.2, 0.25) is 5.02 Å². The standard InChI is InChI=1S/C19H24ClN3O6/c1-5-29-19(25)16-15(20)14(11(23-16)9-22-13(24)8-21)10-6-7-12(26-2)18(28-4)17(10)27-3/h6-7,23H,5,8-9,21H2,1-4H3,(H,22,24). The van der Waals surface area contributed by atoms with E-state index in [9.17, 15) is 9.59 Å². The number of nitrogens with two attached hydrogens (primary N) is 1. The number of hydrogen-bond acceptors (Lipinski definition) is 7. The molecule has 0 aliphatic carbocycles. The molecule has 0 radical (unpaired) electrons. The lowest BCUT2D eigenvalue weighted by Gasteiger charge is -2.16. The number of nitrogens with one attached hydrogen (secondary N) is 2. The maximum Gasteiger partial charge on any atom is 0.356 e. The van der Waals surface area contributed by atoms with Crippen molar-refractivity contribution in [2.75, 3.05) is 34.5 Å². The van der Waals surface area contributed by atoms with Gasteiger partial charge in [0.1, 0.15) is 5.69 Å². The highest BCUT2D eigenvalue weighted by atomic mass is 35.5.